The number of hydrogen-bond donors (Lipinski definition) is 1. The molecule has 6 nitrogen and oxygen atoms in total. The molecule has 0 fully saturated rings. The number of nitrogens with zero attached hydrogens (tertiary/aromatic N) is 4. The molecule has 2 aromatic heterocycles. The molecule has 2 heterocycles. The van der Waals surface area contributed by atoms with Crippen LogP contribution in [0.4, 0.5) is 0 Å². The van der Waals surface area contributed by atoms with Crippen LogP contribution in [0, 0.1) is 4.77 Å². The molecule has 0 bridgehead atoms. The zero-order valence-electron chi connectivity index (χ0n) is 10.6. The van der Waals surface area contributed by atoms with E-state index >= 15 is 0 Å². The predicted octanol–water partition coefficient (Wildman–Crippen LogP) is 1.88. The van der Waals surface area contributed by atoms with Gasteiger partial charge in [-0.1, -0.05) is 0 Å². The highest BCUT2D eigenvalue weighted by Crippen LogP contribution is 2.21. The third-order valence-electron chi connectivity index (χ3n) is 2.93. The van der Waals surface area contributed by atoms with E-state index in [2.05, 4.69) is 15.1 Å². The first-order chi connectivity index (χ1) is 9.17. The highest BCUT2D eigenvalue weighted by Gasteiger charge is 2.08. The van der Waals surface area contributed by atoms with Crippen LogP contribution >= 0.6 is 12.2 Å². The Labute approximate surface area is 114 Å². The molecule has 0 radical (unpaired) electrons. The largest absolute Gasteiger partial charge is 0.497 e. The second-order valence-corrected chi connectivity index (χ2v) is 4.62. The van der Waals surface area contributed by atoms with Gasteiger partial charge in [0.25, 0.3) is 0 Å². The van der Waals surface area contributed by atoms with Crippen molar-refractivity contribution in [3.63, 3.8) is 0 Å². The molecular formula is C12H13N5OS. The average Bonchev–Trinajstić information content (AvgIpc) is 2.94. The van der Waals surface area contributed by atoms with Gasteiger partial charge in [0.15, 0.2) is 10.6 Å². The molecule has 1 aromatic carbocycles. The minimum absolute atomic E-state index is 0.535. The molecular weight excluding hydrogens is 262 g/mol. The molecule has 3 rings (SSSR count). The molecule has 3 aromatic rings. The molecule has 19 heavy (non-hydrogen) atoms. The van der Waals surface area contributed by atoms with Crippen molar-refractivity contribution in [1.29, 1.82) is 0 Å². The van der Waals surface area contributed by atoms with Gasteiger partial charge >= 0.3 is 0 Å². The van der Waals surface area contributed by atoms with E-state index in [0.717, 1.165) is 22.6 Å². The predicted molar refractivity (Wildman–Crippen MR) is 73.8 cm³/mol. The second kappa shape index (κ2) is 4.51. The molecule has 0 spiro atoms. The maximum atomic E-state index is 5.34. The summed E-state index contributed by atoms with van der Waals surface area (Å²) in [4.78, 5) is 7.39. The summed E-state index contributed by atoms with van der Waals surface area (Å²) in [5.41, 5.74) is 1.96. The summed E-state index contributed by atoms with van der Waals surface area (Å²) in [7, 11) is 3.49. The molecule has 0 aliphatic rings. The smallest absolute Gasteiger partial charge is 0.178 e. The lowest BCUT2D eigenvalue weighted by Gasteiger charge is -2.03. The number of imidazole rings is 1. The van der Waals surface area contributed by atoms with E-state index in [1.165, 1.54) is 0 Å². The van der Waals surface area contributed by atoms with Crippen molar-refractivity contribution in [3.05, 3.63) is 35.1 Å². The SMILES string of the molecule is COc1ccc2[nH]c(=S)n(Cc3ncn(C)n3)c2c1. The minimum Gasteiger partial charge on any atom is -0.497 e. The second-order valence-electron chi connectivity index (χ2n) is 4.23. The Bertz CT molecular complexity index is 785. The van der Waals surface area contributed by atoms with E-state index in [1.54, 1.807) is 18.1 Å². The van der Waals surface area contributed by atoms with Crippen molar-refractivity contribution in [2.24, 2.45) is 7.05 Å². The summed E-state index contributed by atoms with van der Waals surface area (Å²) in [5, 5.41) is 4.27. The average molecular weight is 275 g/mol. The fourth-order valence-corrected chi connectivity index (χ4v) is 2.29. The minimum atomic E-state index is 0.535. The van der Waals surface area contributed by atoms with Gasteiger partial charge < -0.3 is 14.3 Å². The lowest BCUT2D eigenvalue weighted by Crippen LogP contribution is -2.02. The monoisotopic (exact) mass is 275 g/mol. The zero-order valence-corrected chi connectivity index (χ0v) is 11.4. The van der Waals surface area contributed by atoms with Crippen LogP contribution in [0.25, 0.3) is 11.0 Å². The Balaban J connectivity index is 2.11. The van der Waals surface area contributed by atoms with Crippen LogP contribution in [0.5, 0.6) is 5.75 Å². The van der Waals surface area contributed by atoms with Gasteiger partial charge in [0.1, 0.15) is 12.1 Å². The first-order valence-corrected chi connectivity index (χ1v) is 6.19. The first kappa shape index (κ1) is 11.9. The van der Waals surface area contributed by atoms with E-state index < -0.39 is 0 Å². The number of aromatic nitrogens is 5. The highest BCUT2D eigenvalue weighted by molar-refractivity contribution is 7.71. The Morgan fingerprint density at radius 3 is 2.95 bits per heavy atom. The fraction of sp³-hybridized carbons (Fsp3) is 0.250. The molecule has 7 heteroatoms. The van der Waals surface area contributed by atoms with E-state index in [9.17, 15) is 0 Å². The third kappa shape index (κ3) is 2.12. The van der Waals surface area contributed by atoms with Crippen LogP contribution in [-0.2, 0) is 13.6 Å². The lowest BCUT2D eigenvalue weighted by molar-refractivity contribution is 0.415. The van der Waals surface area contributed by atoms with Gasteiger partial charge in [0.05, 0.1) is 24.7 Å². The van der Waals surface area contributed by atoms with E-state index in [1.807, 2.05) is 29.8 Å². The first-order valence-electron chi connectivity index (χ1n) is 5.78. The summed E-state index contributed by atoms with van der Waals surface area (Å²) in [6.45, 7) is 0.535. The number of H-pyrrole nitrogens is 1. The number of benzene rings is 1. The lowest BCUT2D eigenvalue weighted by atomic mass is 10.3. The number of rotatable bonds is 3. The molecule has 0 saturated heterocycles. The summed E-state index contributed by atoms with van der Waals surface area (Å²) < 4.78 is 9.53. The Morgan fingerprint density at radius 1 is 1.42 bits per heavy atom. The number of aromatic amines is 1. The number of nitrogens with one attached hydrogen (secondary N) is 1. The molecule has 0 amide bonds. The van der Waals surface area contributed by atoms with Gasteiger partial charge in [-0.15, -0.1) is 0 Å². The normalized spacial score (nSPS) is 11.1. The number of ether oxygens (including phenoxy) is 1. The summed E-state index contributed by atoms with van der Waals surface area (Å²) in [6, 6.07) is 5.80. The van der Waals surface area contributed by atoms with Gasteiger partial charge in [-0.3, -0.25) is 4.68 Å². The van der Waals surface area contributed by atoms with Crippen LogP contribution < -0.4 is 4.74 Å². The molecule has 0 atom stereocenters. The quantitative estimate of drug-likeness (QED) is 0.741. The van der Waals surface area contributed by atoms with E-state index in [-0.39, 0.29) is 0 Å². The number of methoxy groups -OCH3 is 1. The van der Waals surface area contributed by atoms with Gasteiger partial charge in [0.2, 0.25) is 0 Å². The summed E-state index contributed by atoms with van der Waals surface area (Å²) in [6.07, 6.45) is 1.67. The Kier molecular flexibility index (Phi) is 2.83. The van der Waals surface area contributed by atoms with Crippen molar-refractivity contribution in [2.45, 2.75) is 6.54 Å². The van der Waals surface area contributed by atoms with Crippen molar-refractivity contribution >= 4 is 23.3 Å². The summed E-state index contributed by atoms with van der Waals surface area (Å²) >= 11 is 5.34. The standard InChI is InChI=1S/C12H13N5OS/c1-16-7-13-11(15-16)6-17-10-5-8(18-2)3-4-9(10)14-12(17)19/h3-5,7H,6H2,1-2H3,(H,14,19). The Hall–Kier alpha value is -2.15. The maximum absolute atomic E-state index is 5.34. The van der Waals surface area contributed by atoms with Crippen molar-refractivity contribution < 1.29 is 4.74 Å². The van der Waals surface area contributed by atoms with E-state index in [4.69, 9.17) is 17.0 Å². The van der Waals surface area contributed by atoms with Crippen molar-refractivity contribution in [2.75, 3.05) is 7.11 Å². The molecule has 98 valence electrons. The fourth-order valence-electron chi connectivity index (χ4n) is 2.01. The molecule has 0 aliphatic heterocycles. The van der Waals surface area contributed by atoms with Crippen LogP contribution in [0.3, 0.4) is 0 Å². The maximum Gasteiger partial charge on any atom is 0.178 e. The highest BCUT2D eigenvalue weighted by atomic mass is 32.1. The van der Waals surface area contributed by atoms with Crippen LogP contribution in [0.15, 0.2) is 24.5 Å². The molecule has 1 N–H and O–H groups in total. The van der Waals surface area contributed by atoms with E-state index in [0.29, 0.717) is 11.3 Å². The van der Waals surface area contributed by atoms with Crippen molar-refractivity contribution in [1.82, 2.24) is 24.3 Å². The number of hydrogen-bond acceptors (Lipinski definition) is 4. The topological polar surface area (TPSA) is 60.7 Å². The zero-order chi connectivity index (χ0) is 13.4. The summed E-state index contributed by atoms with van der Waals surface area (Å²) in [5.74, 6) is 1.52. The number of fused-ring (bicyclic) bond motifs is 1. The van der Waals surface area contributed by atoms with Crippen LogP contribution in [-0.4, -0.2) is 31.4 Å². The van der Waals surface area contributed by atoms with Crippen LogP contribution in [0.1, 0.15) is 5.82 Å². The van der Waals surface area contributed by atoms with Crippen LogP contribution in [0.2, 0.25) is 0 Å². The van der Waals surface area contributed by atoms with Gasteiger partial charge in [-0.05, 0) is 24.4 Å². The molecule has 0 unspecified atom stereocenters. The van der Waals surface area contributed by atoms with Gasteiger partial charge in [-0.2, -0.15) is 5.10 Å². The van der Waals surface area contributed by atoms with Gasteiger partial charge in [-0.25, -0.2) is 4.98 Å². The third-order valence-corrected chi connectivity index (χ3v) is 3.25. The Morgan fingerprint density at radius 2 is 2.26 bits per heavy atom. The molecule has 0 aliphatic carbocycles. The van der Waals surface area contributed by atoms with Gasteiger partial charge in [0, 0.05) is 13.1 Å². The molecule has 0 saturated carbocycles. The number of aryl methyl sites for hydroxylation is 1. The van der Waals surface area contributed by atoms with Crippen molar-refractivity contribution in [3.8, 4) is 5.75 Å².